The molecule has 0 aliphatic rings. The van der Waals surface area contributed by atoms with Crippen LogP contribution in [-0.4, -0.2) is 33.5 Å². The highest BCUT2D eigenvalue weighted by atomic mass is 16.5. The van der Waals surface area contributed by atoms with E-state index < -0.39 is 5.97 Å². The predicted octanol–water partition coefficient (Wildman–Crippen LogP) is 2.40. The van der Waals surface area contributed by atoms with Gasteiger partial charge in [0.1, 0.15) is 5.52 Å². The number of benzene rings is 2. The minimum atomic E-state index is -0.422. The zero-order chi connectivity index (χ0) is 17.1. The predicted molar refractivity (Wildman–Crippen MR) is 88.9 cm³/mol. The van der Waals surface area contributed by atoms with Crippen molar-refractivity contribution in [3.63, 3.8) is 0 Å². The van der Waals surface area contributed by atoms with Crippen LogP contribution in [0.5, 0.6) is 0 Å². The van der Waals surface area contributed by atoms with E-state index in [1.165, 1.54) is 0 Å². The van der Waals surface area contributed by atoms with Crippen molar-refractivity contribution < 1.29 is 14.3 Å². The van der Waals surface area contributed by atoms with E-state index in [-0.39, 0.29) is 5.91 Å². The summed E-state index contributed by atoms with van der Waals surface area (Å²) in [6, 6.07) is 11.8. The Morgan fingerprint density at radius 3 is 2.79 bits per heavy atom. The van der Waals surface area contributed by atoms with Gasteiger partial charge < -0.3 is 10.1 Å². The lowest BCUT2D eigenvalue weighted by atomic mass is 10.1. The van der Waals surface area contributed by atoms with Crippen LogP contribution >= 0.6 is 0 Å². The Labute approximate surface area is 138 Å². The van der Waals surface area contributed by atoms with Gasteiger partial charge in [-0.2, -0.15) is 0 Å². The van der Waals surface area contributed by atoms with Crippen LogP contribution < -0.4 is 5.32 Å². The molecule has 0 saturated heterocycles. The maximum absolute atomic E-state index is 12.4. The first-order chi connectivity index (χ1) is 11.6. The molecule has 3 aromatic rings. The van der Waals surface area contributed by atoms with Crippen LogP contribution in [0.2, 0.25) is 0 Å². The van der Waals surface area contributed by atoms with Gasteiger partial charge >= 0.3 is 5.97 Å². The van der Waals surface area contributed by atoms with Gasteiger partial charge in [0.05, 0.1) is 17.7 Å². The maximum atomic E-state index is 12.4. The van der Waals surface area contributed by atoms with Gasteiger partial charge in [-0.25, -0.2) is 9.48 Å². The third kappa shape index (κ3) is 3.10. The molecule has 0 spiro atoms. The number of aromatic nitrogens is 3. The molecule has 1 heterocycles. The van der Waals surface area contributed by atoms with Crippen LogP contribution in [0, 0.1) is 0 Å². The number of hydrogen-bond donors (Lipinski definition) is 1. The molecule has 0 aliphatic heterocycles. The van der Waals surface area contributed by atoms with Crippen LogP contribution in [0.4, 0.5) is 5.69 Å². The first kappa shape index (κ1) is 15.7. The molecule has 0 unspecified atom stereocenters. The molecule has 0 aliphatic carbocycles. The molecule has 3 rings (SSSR count). The Morgan fingerprint density at radius 2 is 2.00 bits per heavy atom. The number of esters is 1. The average molecular weight is 324 g/mol. The summed E-state index contributed by atoms with van der Waals surface area (Å²) in [5.74, 6) is -0.710. The molecule has 7 heteroatoms. The molecule has 1 aromatic heterocycles. The van der Waals surface area contributed by atoms with E-state index in [0.29, 0.717) is 28.9 Å². The number of anilines is 1. The zero-order valence-corrected chi connectivity index (χ0v) is 13.3. The number of hydrogen-bond acceptors (Lipinski definition) is 5. The number of carbonyl (C=O) groups excluding carboxylic acids is 2. The summed E-state index contributed by atoms with van der Waals surface area (Å²) in [6.07, 6.45) is 0. The molecule has 0 bridgehead atoms. The largest absolute Gasteiger partial charge is 0.462 e. The first-order valence-electron chi connectivity index (χ1n) is 7.46. The monoisotopic (exact) mass is 324 g/mol. The van der Waals surface area contributed by atoms with Crippen LogP contribution in [-0.2, 0) is 11.8 Å². The molecule has 24 heavy (non-hydrogen) atoms. The fraction of sp³-hybridized carbons (Fsp3) is 0.176. The van der Waals surface area contributed by atoms with Crippen molar-refractivity contribution in [1.82, 2.24) is 15.0 Å². The third-order valence-electron chi connectivity index (χ3n) is 3.50. The van der Waals surface area contributed by atoms with Crippen LogP contribution in [0.1, 0.15) is 27.6 Å². The van der Waals surface area contributed by atoms with Crippen molar-refractivity contribution in [1.29, 1.82) is 0 Å². The molecule has 0 radical (unpaired) electrons. The molecule has 0 saturated carbocycles. The lowest BCUT2D eigenvalue weighted by molar-refractivity contribution is 0.0526. The molecule has 7 nitrogen and oxygen atoms in total. The number of rotatable bonds is 4. The highest BCUT2D eigenvalue weighted by molar-refractivity contribution is 6.06. The number of amides is 1. The minimum Gasteiger partial charge on any atom is -0.462 e. The molecule has 122 valence electrons. The van der Waals surface area contributed by atoms with Gasteiger partial charge in [0.25, 0.3) is 5.91 Å². The zero-order valence-electron chi connectivity index (χ0n) is 13.3. The van der Waals surface area contributed by atoms with Crippen molar-refractivity contribution in [3.8, 4) is 0 Å². The highest BCUT2D eigenvalue weighted by Gasteiger charge is 2.11. The van der Waals surface area contributed by atoms with Crippen LogP contribution in [0.3, 0.4) is 0 Å². The fourth-order valence-corrected chi connectivity index (χ4v) is 2.32. The standard InChI is InChI=1S/C17H16N4O3/c1-3-24-17(23)12-5-4-6-13(9-12)18-16(22)11-7-8-15-14(10-11)19-20-21(15)2/h4-10H,3H2,1-2H3,(H,18,22). The maximum Gasteiger partial charge on any atom is 0.338 e. The smallest absolute Gasteiger partial charge is 0.338 e. The number of fused-ring (bicyclic) bond motifs is 1. The van der Waals surface area contributed by atoms with E-state index in [9.17, 15) is 9.59 Å². The SMILES string of the molecule is CCOC(=O)c1cccc(NC(=O)c2ccc3c(c2)nnn3C)c1. The van der Waals surface area contributed by atoms with Gasteiger partial charge in [-0.3, -0.25) is 4.79 Å². The normalized spacial score (nSPS) is 10.6. The van der Waals surface area contributed by atoms with Crippen molar-refractivity contribution in [2.75, 3.05) is 11.9 Å². The number of carbonyl (C=O) groups is 2. The number of aryl methyl sites for hydroxylation is 1. The number of nitrogens with zero attached hydrogens (tertiary/aromatic N) is 3. The van der Waals surface area contributed by atoms with E-state index in [1.54, 1.807) is 61.1 Å². The quantitative estimate of drug-likeness (QED) is 0.745. The van der Waals surface area contributed by atoms with Gasteiger partial charge in [0.15, 0.2) is 0 Å². The van der Waals surface area contributed by atoms with Gasteiger partial charge in [-0.15, -0.1) is 5.10 Å². The van der Waals surface area contributed by atoms with Gasteiger partial charge in [0.2, 0.25) is 0 Å². The lowest BCUT2D eigenvalue weighted by Crippen LogP contribution is -2.12. The van der Waals surface area contributed by atoms with Crippen LogP contribution in [0.15, 0.2) is 42.5 Å². The lowest BCUT2D eigenvalue weighted by Gasteiger charge is -2.07. The summed E-state index contributed by atoms with van der Waals surface area (Å²) in [7, 11) is 1.79. The Kier molecular flexibility index (Phi) is 4.24. The molecule has 2 aromatic carbocycles. The van der Waals surface area contributed by atoms with Gasteiger partial charge in [0, 0.05) is 18.3 Å². The van der Waals surface area contributed by atoms with E-state index >= 15 is 0 Å². The average Bonchev–Trinajstić information content (AvgIpc) is 2.96. The summed E-state index contributed by atoms with van der Waals surface area (Å²) in [5.41, 5.74) is 2.86. The fourth-order valence-electron chi connectivity index (χ4n) is 2.32. The van der Waals surface area contributed by atoms with E-state index in [2.05, 4.69) is 15.6 Å². The first-order valence-corrected chi connectivity index (χ1v) is 7.46. The molecule has 1 amide bonds. The Hall–Kier alpha value is -3.22. The highest BCUT2D eigenvalue weighted by Crippen LogP contribution is 2.16. The van der Waals surface area contributed by atoms with Gasteiger partial charge in [-0.1, -0.05) is 11.3 Å². The number of ether oxygens (including phenoxy) is 1. The van der Waals surface area contributed by atoms with Crippen LogP contribution in [0.25, 0.3) is 11.0 Å². The second-order valence-electron chi connectivity index (χ2n) is 5.17. The second-order valence-corrected chi connectivity index (χ2v) is 5.17. The molecular weight excluding hydrogens is 308 g/mol. The van der Waals surface area contributed by atoms with E-state index in [0.717, 1.165) is 5.52 Å². The minimum absolute atomic E-state index is 0.288. The van der Waals surface area contributed by atoms with Gasteiger partial charge in [-0.05, 0) is 43.3 Å². The summed E-state index contributed by atoms with van der Waals surface area (Å²) in [5, 5.41) is 10.7. The van der Waals surface area contributed by atoms with E-state index in [1.807, 2.05) is 0 Å². The summed E-state index contributed by atoms with van der Waals surface area (Å²) >= 11 is 0. The Bertz CT molecular complexity index is 917. The Morgan fingerprint density at radius 1 is 1.17 bits per heavy atom. The van der Waals surface area contributed by atoms with Crippen molar-refractivity contribution in [2.24, 2.45) is 7.05 Å². The number of nitrogens with one attached hydrogen (secondary N) is 1. The molecular formula is C17H16N4O3. The van der Waals surface area contributed by atoms with Crippen molar-refractivity contribution in [2.45, 2.75) is 6.92 Å². The summed E-state index contributed by atoms with van der Waals surface area (Å²) < 4.78 is 6.59. The van der Waals surface area contributed by atoms with Crippen molar-refractivity contribution in [3.05, 3.63) is 53.6 Å². The Balaban J connectivity index is 1.80. The third-order valence-corrected chi connectivity index (χ3v) is 3.50. The molecule has 0 fully saturated rings. The molecule has 1 N–H and O–H groups in total. The summed E-state index contributed by atoms with van der Waals surface area (Å²) in [4.78, 5) is 24.1. The molecule has 0 atom stereocenters. The topological polar surface area (TPSA) is 86.1 Å². The summed E-state index contributed by atoms with van der Waals surface area (Å²) in [6.45, 7) is 2.04. The van der Waals surface area contributed by atoms with Crippen molar-refractivity contribution >= 4 is 28.6 Å². The van der Waals surface area contributed by atoms with E-state index in [4.69, 9.17) is 4.74 Å². The second kappa shape index (κ2) is 6.49.